The quantitative estimate of drug-likeness (QED) is 0.382. The SMILES string of the molecule is C#CCN(Cc1c2ccccc2c(C)c2ccccc12)CC1CCCCC1. The van der Waals surface area contributed by atoms with Gasteiger partial charge in [0.2, 0.25) is 0 Å². The van der Waals surface area contributed by atoms with Crippen LogP contribution >= 0.6 is 0 Å². The van der Waals surface area contributed by atoms with Crippen molar-refractivity contribution < 1.29 is 0 Å². The molecule has 0 radical (unpaired) electrons. The molecule has 0 aliphatic heterocycles. The molecule has 0 N–H and O–H groups in total. The third-order valence-corrected chi connectivity index (χ3v) is 6.25. The van der Waals surface area contributed by atoms with Crippen LogP contribution in [0.1, 0.15) is 43.2 Å². The second kappa shape index (κ2) is 8.15. The summed E-state index contributed by atoms with van der Waals surface area (Å²) in [5.74, 6) is 3.71. The first kappa shape index (κ1) is 18.1. The number of aryl methyl sites for hydroxylation is 1. The molecule has 0 atom stereocenters. The zero-order valence-electron chi connectivity index (χ0n) is 16.4. The van der Waals surface area contributed by atoms with Crippen molar-refractivity contribution in [1.29, 1.82) is 0 Å². The van der Waals surface area contributed by atoms with Gasteiger partial charge in [-0.1, -0.05) is 73.7 Å². The van der Waals surface area contributed by atoms with E-state index in [0.717, 1.165) is 25.6 Å². The molecule has 4 rings (SSSR count). The number of terminal acetylenes is 1. The van der Waals surface area contributed by atoms with E-state index >= 15 is 0 Å². The summed E-state index contributed by atoms with van der Waals surface area (Å²) < 4.78 is 0. The number of hydrogen-bond donors (Lipinski definition) is 0. The number of rotatable bonds is 5. The minimum absolute atomic E-state index is 0.729. The highest BCUT2D eigenvalue weighted by atomic mass is 15.1. The van der Waals surface area contributed by atoms with E-state index in [4.69, 9.17) is 6.42 Å². The molecule has 3 aromatic rings. The summed E-state index contributed by atoms with van der Waals surface area (Å²) in [7, 11) is 0. The molecule has 0 amide bonds. The number of benzene rings is 3. The third-order valence-electron chi connectivity index (χ3n) is 6.25. The zero-order chi connectivity index (χ0) is 18.6. The molecule has 0 saturated heterocycles. The Morgan fingerprint density at radius 1 is 0.889 bits per heavy atom. The van der Waals surface area contributed by atoms with Crippen molar-refractivity contribution in [3.8, 4) is 12.3 Å². The second-order valence-corrected chi connectivity index (χ2v) is 8.07. The van der Waals surface area contributed by atoms with E-state index in [2.05, 4.69) is 66.3 Å². The molecule has 1 aliphatic rings. The highest BCUT2D eigenvalue weighted by molar-refractivity contribution is 6.05. The van der Waals surface area contributed by atoms with Gasteiger partial charge in [0.05, 0.1) is 6.54 Å². The van der Waals surface area contributed by atoms with Crippen LogP contribution < -0.4 is 0 Å². The molecule has 0 bridgehead atoms. The van der Waals surface area contributed by atoms with Gasteiger partial charge in [0.15, 0.2) is 0 Å². The lowest BCUT2D eigenvalue weighted by molar-refractivity contribution is 0.214. The van der Waals surface area contributed by atoms with E-state index in [1.54, 1.807) is 0 Å². The fraction of sp³-hybridized carbons (Fsp3) is 0.385. The van der Waals surface area contributed by atoms with E-state index in [0.29, 0.717) is 0 Å². The fourth-order valence-corrected chi connectivity index (χ4v) is 4.88. The first-order valence-electron chi connectivity index (χ1n) is 10.3. The fourth-order valence-electron chi connectivity index (χ4n) is 4.88. The predicted octanol–water partition coefficient (Wildman–Crippen LogP) is 6.32. The van der Waals surface area contributed by atoms with Crippen molar-refractivity contribution in [2.75, 3.05) is 13.1 Å². The summed E-state index contributed by atoms with van der Waals surface area (Å²) >= 11 is 0. The zero-order valence-corrected chi connectivity index (χ0v) is 16.4. The molecule has 27 heavy (non-hydrogen) atoms. The molecule has 1 heteroatoms. The maximum atomic E-state index is 5.75. The monoisotopic (exact) mass is 355 g/mol. The van der Waals surface area contributed by atoms with Crippen LogP contribution in [0.4, 0.5) is 0 Å². The molecular weight excluding hydrogens is 326 g/mol. The highest BCUT2D eigenvalue weighted by Gasteiger charge is 2.19. The topological polar surface area (TPSA) is 3.24 Å². The standard InChI is InChI=1S/C26H29N/c1-3-17-27(18-21-11-5-4-6-12-21)19-26-24-15-9-7-13-22(24)20(2)23-14-8-10-16-25(23)26/h1,7-10,13-16,21H,4-6,11-12,17-19H2,2H3. The van der Waals surface area contributed by atoms with Crippen LogP contribution in [0, 0.1) is 25.2 Å². The van der Waals surface area contributed by atoms with Crippen LogP contribution in [-0.2, 0) is 6.54 Å². The van der Waals surface area contributed by atoms with Crippen LogP contribution in [0.2, 0.25) is 0 Å². The summed E-state index contributed by atoms with van der Waals surface area (Å²) in [6.45, 7) is 5.03. The lowest BCUT2D eigenvalue weighted by Crippen LogP contribution is -2.30. The van der Waals surface area contributed by atoms with Crippen molar-refractivity contribution in [3.05, 3.63) is 59.7 Å². The predicted molar refractivity (Wildman–Crippen MR) is 117 cm³/mol. The lowest BCUT2D eigenvalue weighted by atomic mass is 9.88. The van der Waals surface area contributed by atoms with Gasteiger partial charge in [-0.15, -0.1) is 6.42 Å². The van der Waals surface area contributed by atoms with Gasteiger partial charge in [-0.05, 0) is 58.4 Å². The summed E-state index contributed by atoms with van der Waals surface area (Å²) in [4.78, 5) is 2.50. The van der Waals surface area contributed by atoms with Gasteiger partial charge in [0.25, 0.3) is 0 Å². The first-order chi connectivity index (χ1) is 13.3. The largest absolute Gasteiger partial charge is 0.288 e. The summed E-state index contributed by atoms with van der Waals surface area (Å²) in [6.07, 6.45) is 12.6. The molecule has 1 fully saturated rings. The number of hydrogen-bond acceptors (Lipinski definition) is 1. The van der Waals surface area contributed by atoms with Gasteiger partial charge in [-0.25, -0.2) is 0 Å². The number of fused-ring (bicyclic) bond motifs is 2. The first-order valence-corrected chi connectivity index (χ1v) is 10.3. The van der Waals surface area contributed by atoms with Crippen molar-refractivity contribution in [2.45, 2.75) is 45.6 Å². The molecule has 1 aliphatic carbocycles. The maximum Gasteiger partial charge on any atom is 0.0601 e. The molecule has 0 heterocycles. The van der Waals surface area contributed by atoms with E-state index in [1.165, 1.54) is 64.8 Å². The molecule has 0 unspecified atom stereocenters. The van der Waals surface area contributed by atoms with E-state index in [1.807, 2.05) is 0 Å². The van der Waals surface area contributed by atoms with Crippen molar-refractivity contribution >= 4 is 21.5 Å². The van der Waals surface area contributed by atoms with Crippen LogP contribution in [0.15, 0.2) is 48.5 Å². The summed E-state index contributed by atoms with van der Waals surface area (Å²) in [6, 6.07) is 17.7. The summed E-state index contributed by atoms with van der Waals surface area (Å²) in [5, 5.41) is 5.48. The third kappa shape index (κ3) is 3.73. The van der Waals surface area contributed by atoms with E-state index in [9.17, 15) is 0 Å². The van der Waals surface area contributed by atoms with Gasteiger partial charge >= 0.3 is 0 Å². The summed E-state index contributed by atoms with van der Waals surface area (Å²) in [5.41, 5.74) is 2.80. The van der Waals surface area contributed by atoms with Gasteiger partial charge in [-0.2, -0.15) is 0 Å². The Morgan fingerprint density at radius 3 is 2.00 bits per heavy atom. The Hall–Kier alpha value is -2.30. The van der Waals surface area contributed by atoms with E-state index in [-0.39, 0.29) is 0 Å². The number of nitrogens with zero attached hydrogens (tertiary/aromatic N) is 1. The smallest absolute Gasteiger partial charge is 0.0601 e. The Balaban J connectivity index is 1.76. The van der Waals surface area contributed by atoms with Crippen molar-refractivity contribution in [3.63, 3.8) is 0 Å². The Bertz CT molecular complexity index is 916. The van der Waals surface area contributed by atoms with Gasteiger partial charge in [-0.3, -0.25) is 4.90 Å². The van der Waals surface area contributed by atoms with Crippen molar-refractivity contribution in [2.24, 2.45) is 5.92 Å². The van der Waals surface area contributed by atoms with Crippen molar-refractivity contribution in [1.82, 2.24) is 4.90 Å². The minimum atomic E-state index is 0.729. The van der Waals surface area contributed by atoms with E-state index < -0.39 is 0 Å². The second-order valence-electron chi connectivity index (χ2n) is 8.07. The lowest BCUT2D eigenvalue weighted by Gasteiger charge is -2.29. The van der Waals surface area contributed by atoms with Gasteiger partial charge in [0, 0.05) is 13.1 Å². The molecule has 1 saturated carbocycles. The Morgan fingerprint density at radius 2 is 1.44 bits per heavy atom. The Kier molecular flexibility index (Phi) is 5.46. The van der Waals surface area contributed by atoms with Crippen LogP contribution in [0.5, 0.6) is 0 Å². The van der Waals surface area contributed by atoms with Crippen LogP contribution in [0.25, 0.3) is 21.5 Å². The molecule has 138 valence electrons. The average molecular weight is 356 g/mol. The Labute approximate surface area is 163 Å². The molecule has 3 aromatic carbocycles. The molecule has 1 nitrogen and oxygen atoms in total. The maximum absolute atomic E-state index is 5.75. The molecule has 0 aromatic heterocycles. The van der Waals surface area contributed by atoms with Gasteiger partial charge in [0.1, 0.15) is 0 Å². The average Bonchev–Trinajstić information content (AvgIpc) is 2.72. The van der Waals surface area contributed by atoms with Gasteiger partial charge < -0.3 is 0 Å². The van der Waals surface area contributed by atoms with Crippen LogP contribution in [-0.4, -0.2) is 18.0 Å². The highest BCUT2D eigenvalue weighted by Crippen LogP contribution is 2.33. The molecule has 0 spiro atoms. The molecular formula is C26H29N. The van der Waals surface area contributed by atoms with Crippen LogP contribution in [0.3, 0.4) is 0 Å². The normalized spacial score (nSPS) is 15.4. The minimum Gasteiger partial charge on any atom is -0.288 e.